The summed E-state index contributed by atoms with van der Waals surface area (Å²) in [4.78, 5) is 3.99. The van der Waals surface area contributed by atoms with E-state index in [1.165, 1.54) is 6.07 Å². The van der Waals surface area contributed by atoms with Gasteiger partial charge in [0, 0.05) is 11.6 Å². The van der Waals surface area contributed by atoms with Crippen molar-refractivity contribution < 1.29 is 8.78 Å². The molecular formula is C12H10F2N2. The lowest BCUT2D eigenvalue weighted by Crippen LogP contribution is -1.95. The standard InChI is InChI=1S/C12H10F2N2/c1-7-5-8(10(14)6-9(7)13)11-3-2-4-12(15)16-11/h2-6H,1H3,(H2,15,16). The van der Waals surface area contributed by atoms with Gasteiger partial charge in [-0.15, -0.1) is 0 Å². The first-order valence-electron chi connectivity index (χ1n) is 4.76. The Balaban J connectivity index is 2.60. The molecule has 0 amide bonds. The van der Waals surface area contributed by atoms with Crippen molar-refractivity contribution >= 4 is 5.82 Å². The Morgan fingerprint density at radius 3 is 2.56 bits per heavy atom. The van der Waals surface area contributed by atoms with Crippen LogP contribution in [0.2, 0.25) is 0 Å². The average molecular weight is 220 g/mol. The molecule has 16 heavy (non-hydrogen) atoms. The Hall–Kier alpha value is -1.97. The van der Waals surface area contributed by atoms with Crippen LogP contribution in [0.3, 0.4) is 0 Å². The summed E-state index contributed by atoms with van der Waals surface area (Å²) in [6.07, 6.45) is 0. The molecule has 1 aromatic carbocycles. The number of aromatic nitrogens is 1. The molecule has 4 heteroatoms. The van der Waals surface area contributed by atoms with E-state index in [1.807, 2.05) is 0 Å². The molecule has 0 aliphatic heterocycles. The molecular weight excluding hydrogens is 210 g/mol. The minimum absolute atomic E-state index is 0.256. The summed E-state index contributed by atoms with van der Waals surface area (Å²) in [5.41, 5.74) is 6.54. The number of halogens is 2. The minimum Gasteiger partial charge on any atom is -0.384 e. The van der Waals surface area contributed by atoms with E-state index in [9.17, 15) is 8.78 Å². The largest absolute Gasteiger partial charge is 0.384 e. The highest BCUT2D eigenvalue weighted by Crippen LogP contribution is 2.24. The highest BCUT2D eigenvalue weighted by molar-refractivity contribution is 5.62. The summed E-state index contributed by atoms with van der Waals surface area (Å²) in [7, 11) is 0. The molecule has 82 valence electrons. The minimum atomic E-state index is -0.638. The van der Waals surface area contributed by atoms with Crippen molar-refractivity contribution in [1.29, 1.82) is 0 Å². The van der Waals surface area contributed by atoms with Crippen LogP contribution in [-0.2, 0) is 0 Å². The average Bonchev–Trinajstić information content (AvgIpc) is 2.23. The van der Waals surface area contributed by atoms with E-state index in [2.05, 4.69) is 4.98 Å². The molecule has 0 saturated carbocycles. The van der Waals surface area contributed by atoms with E-state index < -0.39 is 11.6 Å². The number of hydrogen-bond donors (Lipinski definition) is 1. The van der Waals surface area contributed by atoms with Gasteiger partial charge in [0.1, 0.15) is 17.5 Å². The topological polar surface area (TPSA) is 38.9 Å². The molecule has 2 nitrogen and oxygen atoms in total. The molecule has 0 saturated heterocycles. The van der Waals surface area contributed by atoms with Gasteiger partial charge in [-0.05, 0) is 30.7 Å². The van der Waals surface area contributed by atoms with Crippen LogP contribution >= 0.6 is 0 Å². The summed E-state index contributed by atoms with van der Waals surface area (Å²) in [6.45, 7) is 1.57. The number of nitrogen functional groups attached to an aromatic ring is 1. The number of benzene rings is 1. The van der Waals surface area contributed by atoms with Crippen LogP contribution in [0.25, 0.3) is 11.3 Å². The molecule has 0 atom stereocenters. The molecule has 0 spiro atoms. The van der Waals surface area contributed by atoms with Crippen molar-refractivity contribution in [3.8, 4) is 11.3 Å². The third-order valence-corrected chi connectivity index (χ3v) is 2.29. The summed E-state index contributed by atoms with van der Waals surface area (Å²) in [5.74, 6) is -0.898. The molecule has 0 fully saturated rings. The molecule has 0 radical (unpaired) electrons. The van der Waals surface area contributed by atoms with Gasteiger partial charge >= 0.3 is 0 Å². The van der Waals surface area contributed by atoms with Gasteiger partial charge in [0.05, 0.1) is 5.69 Å². The second-order valence-electron chi connectivity index (χ2n) is 3.53. The molecule has 0 unspecified atom stereocenters. The monoisotopic (exact) mass is 220 g/mol. The summed E-state index contributed by atoms with van der Waals surface area (Å²) in [6, 6.07) is 7.20. The van der Waals surface area contributed by atoms with E-state index >= 15 is 0 Å². The lowest BCUT2D eigenvalue weighted by Gasteiger charge is -2.05. The number of rotatable bonds is 1. The van der Waals surface area contributed by atoms with Crippen LogP contribution in [-0.4, -0.2) is 4.98 Å². The molecule has 1 heterocycles. The second kappa shape index (κ2) is 3.89. The Morgan fingerprint density at radius 1 is 1.12 bits per heavy atom. The Morgan fingerprint density at radius 2 is 1.88 bits per heavy atom. The summed E-state index contributed by atoms with van der Waals surface area (Å²) in [5, 5.41) is 0. The smallest absolute Gasteiger partial charge is 0.135 e. The van der Waals surface area contributed by atoms with Gasteiger partial charge in [0.2, 0.25) is 0 Å². The van der Waals surface area contributed by atoms with Gasteiger partial charge in [-0.25, -0.2) is 13.8 Å². The fourth-order valence-corrected chi connectivity index (χ4v) is 1.46. The predicted molar refractivity (Wildman–Crippen MR) is 58.7 cm³/mol. The Bertz CT molecular complexity index is 539. The number of pyridine rings is 1. The third kappa shape index (κ3) is 1.86. The number of nitrogens with zero attached hydrogens (tertiary/aromatic N) is 1. The predicted octanol–water partition coefficient (Wildman–Crippen LogP) is 2.92. The zero-order chi connectivity index (χ0) is 11.7. The van der Waals surface area contributed by atoms with Crippen molar-refractivity contribution in [3.05, 3.63) is 47.5 Å². The molecule has 0 aliphatic carbocycles. The van der Waals surface area contributed by atoms with E-state index in [1.54, 1.807) is 25.1 Å². The van der Waals surface area contributed by atoms with Crippen LogP contribution < -0.4 is 5.73 Å². The van der Waals surface area contributed by atoms with Crippen LogP contribution in [0.4, 0.5) is 14.6 Å². The van der Waals surface area contributed by atoms with Crippen molar-refractivity contribution in [1.82, 2.24) is 4.98 Å². The fourth-order valence-electron chi connectivity index (χ4n) is 1.46. The molecule has 0 aliphatic rings. The van der Waals surface area contributed by atoms with Gasteiger partial charge in [-0.1, -0.05) is 6.07 Å². The maximum atomic E-state index is 13.5. The third-order valence-electron chi connectivity index (χ3n) is 2.29. The van der Waals surface area contributed by atoms with E-state index in [0.717, 1.165) is 6.07 Å². The van der Waals surface area contributed by atoms with Gasteiger partial charge in [-0.3, -0.25) is 0 Å². The number of anilines is 1. The van der Waals surface area contributed by atoms with Crippen LogP contribution in [0, 0.1) is 18.6 Å². The normalized spacial score (nSPS) is 10.4. The Labute approximate surface area is 91.7 Å². The molecule has 2 rings (SSSR count). The zero-order valence-electron chi connectivity index (χ0n) is 8.67. The lowest BCUT2D eigenvalue weighted by molar-refractivity contribution is 0.579. The van der Waals surface area contributed by atoms with E-state index in [-0.39, 0.29) is 5.56 Å². The number of aryl methyl sites for hydroxylation is 1. The number of nitrogens with two attached hydrogens (primary N) is 1. The Kier molecular flexibility index (Phi) is 2.56. The second-order valence-corrected chi connectivity index (χ2v) is 3.53. The lowest BCUT2D eigenvalue weighted by atomic mass is 10.1. The molecule has 2 N–H and O–H groups in total. The van der Waals surface area contributed by atoms with Gasteiger partial charge in [-0.2, -0.15) is 0 Å². The summed E-state index contributed by atoms with van der Waals surface area (Å²) >= 11 is 0. The van der Waals surface area contributed by atoms with Crippen molar-refractivity contribution in [2.45, 2.75) is 6.92 Å². The van der Waals surface area contributed by atoms with Crippen LogP contribution in [0.1, 0.15) is 5.56 Å². The first-order chi connectivity index (χ1) is 7.58. The SMILES string of the molecule is Cc1cc(-c2cccc(N)n2)c(F)cc1F. The maximum Gasteiger partial charge on any atom is 0.135 e. The zero-order valence-corrected chi connectivity index (χ0v) is 8.67. The fraction of sp³-hybridized carbons (Fsp3) is 0.0833. The maximum absolute atomic E-state index is 13.5. The molecule has 1 aromatic heterocycles. The van der Waals surface area contributed by atoms with Crippen molar-refractivity contribution in [2.75, 3.05) is 5.73 Å². The first-order valence-corrected chi connectivity index (χ1v) is 4.76. The van der Waals surface area contributed by atoms with Gasteiger partial charge < -0.3 is 5.73 Å². The molecule has 0 bridgehead atoms. The number of hydrogen-bond acceptors (Lipinski definition) is 2. The van der Waals surface area contributed by atoms with Crippen LogP contribution in [0.5, 0.6) is 0 Å². The highest BCUT2D eigenvalue weighted by Gasteiger charge is 2.10. The summed E-state index contributed by atoms with van der Waals surface area (Å²) < 4.78 is 26.6. The van der Waals surface area contributed by atoms with E-state index in [0.29, 0.717) is 17.1 Å². The quantitative estimate of drug-likeness (QED) is 0.802. The van der Waals surface area contributed by atoms with E-state index in [4.69, 9.17) is 5.73 Å². The van der Waals surface area contributed by atoms with Crippen molar-refractivity contribution in [3.63, 3.8) is 0 Å². The van der Waals surface area contributed by atoms with Gasteiger partial charge in [0.25, 0.3) is 0 Å². The highest BCUT2D eigenvalue weighted by atomic mass is 19.1. The van der Waals surface area contributed by atoms with Crippen LogP contribution in [0.15, 0.2) is 30.3 Å². The van der Waals surface area contributed by atoms with Gasteiger partial charge in [0.15, 0.2) is 0 Å². The van der Waals surface area contributed by atoms with Crippen molar-refractivity contribution in [2.24, 2.45) is 0 Å². The molecule has 2 aromatic rings. The first kappa shape index (κ1) is 10.5.